The van der Waals surface area contributed by atoms with Crippen molar-refractivity contribution in [1.82, 2.24) is 0 Å². The first-order valence-electron chi connectivity index (χ1n) is 6.46. The van der Waals surface area contributed by atoms with E-state index in [2.05, 4.69) is 0 Å². The van der Waals surface area contributed by atoms with Crippen LogP contribution < -0.4 is 15.2 Å². The number of halogens is 1. The molecule has 1 aliphatic carbocycles. The van der Waals surface area contributed by atoms with Crippen molar-refractivity contribution in [2.75, 3.05) is 20.0 Å². The molecule has 106 valence electrons. The van der Waals surface area contributed by atoms with Gasteiger partial charge < -0.3 is 19.9 Å². The van der Waals surface area contributed by atoms with Gasteiger partial charge in [-0.3, -0.25) is 0 Å². The molecule has 0 amide bonds. The van der Waals surface area contributed by atoms with Crippen molar-refractivity contribution in [2.24, 2.45) is 0 Å². The smallest absolute Gasteiger partial charge is 0.167 e. The molecule has 0 saturated heterocycles. The minimum absolute atomic E-state index is 0.0264. The SMILES string of the molecule is COc1cc(OC2CCCC(OC)C2)c(F)cc1N. The predicted octanol–water partition coefficient (Wildman–Crippen LogP) is 2.75. The van der Waals surface area contributed by atoms with Crippen LogP contribution >= 0.6 is 0 Å². The summed E-state index contributed by atoms with van der Waals surface area (Å²) in [4.78, 5) is 0. The van der Waals surface area contributed by atoms with Gasteiger partial charge in [0, 0.05) is 25.7 Å². The number of hydrogen-bond donors (Lipinski definition) is 1. The van der Waals surface area contributed by atoms with Gasteiger partial charge in [0.25, 0.3) is 0 Å². The maximum Gasteiger partial charge on any atom is 0.167 e. The minimum Gasteiger partial charge on any atom is -0.494 e. The van der Waals surface area contributed by atoms with Crippen LogP contribution in [0.1, 0.15) is 25.7 Å². The molecule has 2 N–H and O–H groups in total. The number of hydrogen-bond acceptors (Lipinski definition) is 4. The molecule has 0 radical (unpaired) electrons. The lowest BCUT2D eigenvalue weighted by atomic mass is 9.95. The topological polar surface area (TPSA) is 53.7 Å². The summed E-state index contributed by atoms with van der Waals surface area (Å²) < 4.78 is 29.9. The van der Waals surface area contributed by atoms with Crippen LogP contribution in [0.4, 0.5) is 10.1 Å². The molecule has 4 nitrogen and oxygen atoms in total. The zero-order chi connectivity index (χ0) is 13.8. The normalized spacial score (nSPS) is 23.1. The number of nitrogens with two attached hydrogens (primary N) is 1. The van der Waals surface area contributed by atoms with Crippen LogP contribution in [0.25, 0.3) is 0 Å². The second-order valence-corrected chi connectivity index (χ2v) is 4.79. The van der Waals surface area contributed by atoms with E-state index >= 15 is 0 Å². The highest BCUT2D eigenvalue weighted by Crippen LogP contribution is 2.32. The quantitative estimate of drug-likeness (QED) is 0.854. The number of ether oxygens (including phenoxy) is 3. The van der Waals surface area contributed by atoms with Gasteiger partial charge in [-0.25, -0.2) is 4.39 Å². The number of nitrogen functional groups attached to an aromatic ring is 1. The van der Waals surface area contributed by atoms with Crippen molar-refractivity contribution >= 4 is 5.69 Å². The van der Waals surface area contributed by atoms with Gasteiger partial charge in [0.05, 0.1) is 18.9 Å². The summed E-state index contributed by atoms with van der Waals surface area (Å²) in [6.45, 7) is 0. The summed E-state index contributed by atoms with van der Waals surface area (Å²) in [7, 11) is 3.19. The fraction of sp³-hybridized carbons (Fsp3) is 0.571. The van der Waals surface area contributed by atoms with Gasteiger partial charge in [-0.2, -0.15) is 0 Å². The second-order valence-electron chi connectivity index (χ2n) is 4.79. The lowest BCUT2D eigenvalue weighted by molar-refractivity contribution is 0.0197. The Morgan fingerprint density at radius 3 is 2.58 bits per heavy atom. The molecule has 1 aromatic carbocycles. The molecule has 2 unspecified atom stereocenters. The summed E-state index contributed by atoms with van der Waals surface area (Å²) in [5.74, 6) is 0.154. The van der Waals surface area contributed by atoms with E-state index in [1.807, 2.05) is 0 Å². The van der Waals surface area contributed by atoms with E-state index < -0.39 is 5.82 Å². The van der Waals surface area contributed by atoms with E-state index in [4.69, 9.17) is 19.9 Å². The fourth-order valence-corrected chi connectivity index (χ4v) is 2.42. The lowest BCUT2D eigenvalue weighted by Crippen LogP contribution is -2.29. The minimum atomic E-state index is -0.460. The number of benzene rings is 1. The summed E-state index contributed by atoms with van der Waals surface area (Å²) >= 11 is 0. The van der Waals surface area contributed by atoms with Gasteiger partial charge in [-0.1, -0.05) is 0 Å². The van der Waals surface area contributed by atoms with E-state index in [9.17, 15) is 4.39 Å². The van der Waals surface area contributed by atoms with Gasteiger partial charge >= 0.3 is 0 Å². The Hall–Kier alpha value is -1.49. The lowest BCUT2D eigenvalue weighted by Gasteiger charge is -2.28. The summed E-state index contributed by atoms with van der Waals surface area (Å²) in [6, 6.07) is 2.73. The van der Waals surface area contributed by atoms with E-state index in [0.717, 1.165) is 25.7 Å². The molecule has 2 atom stereocenters. The Bertz CT molecular complexity index is 439. The molecule has 19 heavy (non-hydrogen) atoms. The first kappa shape index (κ1) is 13.9. The first-order chi connectivity index (χ1) is 9.13. The molecule has 2 rings (SSSR count). The van der Waals surface area contributed by atoms with Crippen LogP contribution in [0, 0.1) is 5.82 Å². The van der Waals surface area contributed by atoms with E-state index in [1.165, 1.54) is 19.2 Å². The highest BCUT2D eigenvalue weighted by Gasteiger charge is 2.24. The third-order valence-electron chi connectivity index (χ3n) is 3.49. The zero-order valence-electron chi connectivity index (χ0n) is 11.3. The molecule has 1 fully saturated rings. The molecule has 1 aromatic rings. The van der Waals surface area contributed by atoms with Crippen molar-refractivity contribution in [3.63, 3.8) is 0 Å². The van der Waals surface area contributed by atoms with Gasteiger partial charge in [0.1, 0.15) is 11.9 Å². The molecule has 0 spiro atoms. The van der Waals surface area contributed by atoms with Crippen LogP contribution in [0.5, 0.6) is 11.5 Å². The Kier molecular flexibility index (Phi) is 4.47. The highest BCUT2D eigenvalue weighted by molar-refractivity contribution is 5.56. The summed E-state index contributed by atoms with van der Waals surface area (Å²) in [5, 5.41) is 0. The van der Waals surface area contributed by atoms with Crippen molar-refractivity contribution in [2.45, 2.75) is 37.9 Å². The average molecular weight is 269 g/mol. The van der Waals surface area contributed by atoms with Crippen molar-refractivity contribution in [1.29, 1.82) is 0 Å². The standard InChI is InChI=1S/C14H20FNO3/c1-17-9-4-3-5-10(6-9)19-13-8-14(18-2)12(16)7-11(13)15/h7-10H,3-6,16H2,1-2H3. The van der Waals surface area contributed by atoms with Crippen LogP contribution in [0.2, 0.25) is 0 Å². The maximum atomic E-state index is 13.8. The summed E-state index contributed by atoms with van der Waals surface area (Å²) in [6.07, 6.45) is 3.91. The molecule has 0 aliphatic heterocycles. The van der Waals surface area contributed by atoms with Gasteiger partial charge in [-0.15, -0.1) is 0 Å². The molecular formula is C14H20FNO3. The summed E-state index contributed by atoms with van der Waals surface area (Å²) in [5.41, 5.74) is 5.91. The molecular weight excluding hydrogens is 249 g/mol. The monoisotopic (exact) mass is 269 g/mol. The Morgan fingerprint density at radius 2 is 1.89 bits per heavy atom. The highest BCUT2D eigenvalue weighted by atomic mass is 19.1. The van der Waals surface area contributed by atoms with Crippen molar-refractivity contribution in [3.05, 3.63) is 17.9 Å². The Morgan fingerprint density at radius 1 is 1.16 bits per heavy atom. The van der Waals surface area contributed by atoms with Crippen molar-refractivity contribution in [3.8, 4) is 11.5 Å². The van der Waals surface area contributed by atoms with Crippen LogP contribution in [-0.2, 0) is 4.74 Å². The fourth-order valence-electron chi connectivity index (χ4n) is 2.42. The van der Waals surface area contributed by atoms with E-state index in [1.54, 1.807) is 7.11 Å². The average Bonchev–Trinajstić information content (AvgIpc) is 2.42. The maximum absolute atomic E-state index is 13.8. The molecule has 0 heterocycles. The molecule has 0 bridgehead atoms. The van der Waals surface area contributed by atoms with Gasteiger partial charge in [0.2, 0.25) is 0 Å². The van der Waals surface area contributed by atoms with Crippen molar-refractivity contribution < 1.29 is 18.6 Å². The van der Waals surface area contributed by atoms with Crippen LogP contribution in [-0.4, -0.2) is 26.4 Å². The third kappa shape index (κ3) is 3.29. The van der Waals surface area contributed by atoms with E-state index in [0.29, 0.717) is 5.75 Å². The molecule has 1 aliphatic rings. The van der Waals surface area contributed by atoms with Crippen LogP contribution in [0.3, 0.4) is 0 Å². The predicted molar refractivity (Wildman–Crippen MR) is 71.0 cm³/mol. The van der Waals surface area contributed by atoms with Crippen LogP contribution in [0.15, 0.2) is 12.1 Å². The molecule has 1 saturated carbocycles. The first-order valence-corrected chi connectivity index (χ1v) is 6.46. The third-order valence-corrected chi connectivity index (χ3v) is 3.49. The zero-order valence-corrected chi connectivity index (χ0v) is 11.3. The molecule has 0 aromatic heterocycles. The number of anilines is 1. The molecule has 5 heteroatoms. The largest absolute Gasteiger partial charge is 0.494 e. The Balaban J connectivity index is 2.10. The second kappa shape index (κ2) is 6.10. The number of methoxy groups -OCH3 is 2. The van der Waals surface area contributed by atoms with Gasteiger partial charge in [0.15, 0.2) is 11.6 Å². The Labute approximate surface area is 112 Å². The van der Waals surface area contributed by atoms with Gasteiger partial charge in [-0.05, 0) is 19.3 Å². The van der Waals surface area contributed by atoms with E-state index in [-0.39, 0.29) is 23.6 Å². The number of rotatable bonds is 4.